The van der Waals surface area contributed by atoms with Crippen molar-refractivity contribution in [1.29, 1.82) is 0 Å². The number of H-pyrrole nitrogens is 1. The van der Waals surface area contributed by atoms with Gasteiger partial charge < -0.3 is 0 Å². The minimum atomic E-state index is -0.816. The Labute approximate surface area is 118 Å². The van der Waals surface area contributed by atoms with Crippen molar-refractivity contribution in [3.8, 4) is 0 Å². The molecule has 1 aliphatic rings. The molecule has 0 aliphatic carbocycles. The van der Waals surface area contributed by atoms with E-state index in [0.29, 0.717) is 6.42 Å². The number of hydrogen-bond acceptors (Lipinski definition) is 5. The van der Waals surface area contributed by atoms with E-state index in [4.69, 9.17) is 4.74 Å². The van der Waals surface area contributed by atoms with Crippen LogP contribution < -0.4 is 11.2 Å². The Bertz CT molecular complexity index is 544. The van der Waals surface area contributed by atoms with Crippen molar-refractivity contribution in [2.45, 2.75) is 36.3 Å². The van der Waals surface area contributed by atoms with Gasteiger partial charge in [0.1, 0.15) is 0 Å². The number of hydrogen-bond donors (Lipinski definition) is 2. The monoisotopic (exact) mass is 348 g/mol. The van der Waals surface area contributed by atoms with Gasteiger partial charge in [-0.2, -0.15) is 0 Å². The standard InChI is InChI=1S/C11H17AsN2O4S/c1-12(2)19-6-8-7(15)5-10(18-8)14-4-3-9(16)13-11(14)17/h3-4,7-8,10,15H,5-6H2,1-2H3,(H,13,16,17)/t7-,8+,10+/m0/s1. The van der Waals surface area contributed by atoms with E-state index in [0.717, 1.165) is 5.75 Å². The van der Waals surface area contributed by atoms with Gasteiger partial charge in [0.15, 0.2) is 0 Å². The molecule has 0 spiro atoms. The van der Waals surface area contributed by atoms with Gasteiger partial charge in [0.25, 0.3) is 0 Å². The van der Waals surface area contributed by atoms with E-state index in [9.17, 15) is 14.7 Å². The third-order valence-corrected chi connectivity index (χ3v) is 8.05. The van der Waals surface area contributed by atoms with Crippen LogP contribution >= 0.6 is 10.0 Å². The molecule has 2 heterocycles. The van der Waals surface area contributed by atoms with Gasteiger partial charge >= 0.3 is 118 Å². The molecule has 0 amide bonds. The van der Waals surface area contributed by atoms with Gasteiger partial charge in [0, 0.05) is 0 Å². The normalized spacial score (nSPS) is 27.1. The van der Waals surface area contributed by atoms with Crippen molar-refractivity contribution in [2.75, 3.05) is 5.75 Å². The summed E-state index contributed by atoms with van der Waals surface area (Å²) in [5.41, 5.74) is 3.51. The summed E-state index contributed by atoms with van der Waals surface area (Å²) in [6.45, 7) is 0. The molecule has 2 N–H and O–H groups in total. The summed E-state index contributed by atoms with van der Waals surface area (Å²) < 4.78 is 7.05. The third kappa shape index (κ3) is 3.75. The fourth-order valence-corrected chi connectivity index (χ4v) is 5.46. The van der Waals surface area contributed by atoms with Crippen LogP contribution in [0.1, 0.15) is 12.6 Å². The zero-order valence-corrected chi connectivity index (χ0v) is 13.5. The van der Waals surface area contributed by atoms with E-state index < -0.39 is 37.1 Å². The summed E-state index contributed by atoms with van der Waals surface area (Å²) >= 11 is -0.816. The van der Waals surface area contributed by atoms with Gasteiger partial charge in [-0.25, -0.2) is 0 Å². The van der Waals surface area contributed by atoms with Gasteiger partial charge in [0.2, 0.25) is 0 Å². The van der Waals surface area contributed by atoms with Gasteiger partial charge in [-0.15, -0.1) is 0 Å². The van der Waals surface area contributed by atoms with Crippen molar-refractivity contribution in [1.82, 2.24) is 9.55 Å². The maximum atomic E-state index is 11.7. The number of aromatic nitrogens is 2. The molecular formula is C11H17AsN2O4S. The number of aliphatic hydroxyl groups excluding tert-OH is 1. The first-order valence-electron chi connectivity index (χ1n) is 5.92. The van der Waals surface area contributed by atoms with Crippen LogP contribution in [0.3, 0.4) is 0 Å². The summed E-state index contributed by atoms with van der Waals surface area (Å²) in [4.78, 5) is 24.8. The molecule has 8 heteroatoms. The van der Waals surface area contributed by atoms with E-state index in [2.05, 4.69) is 16.4 Å². The van der Waals surface area contributed by atoms with Gasteiger partial charge in [-0.3, -0.25) is 0 Å². The predicted octanol–water partition coefficient (Wildman–Crippen LogP) is 0.169. The van der Waals surface area contributed by atoms with Crippen LogP contribution in [0, 0.1) is 0 Å². The van der Waals surface area contributed by atoms with Gasteiger partial charge in [0.05, 0.1) is 0 Å². The maximum absolute atomic E-state index is 11.7. The third-order valence-electron chi connectivity index (χ3n) is 2.86. The average Bonchev–Trinajstić information content (AvgIpc) is 2.67. The molecule has 2 rings (SSSR count). The number of aliphatic hydroxyl groups is 1. The molecule has 1 aliphatic heterocycles. The van der Waals surface area contributed by atoms with Crippen molar-refractivity contribution >= 4 is 23.5 Å². The Morgan fingerprint density at radius 1 is 1.58 bits per heavy atom. The summed E-state index contributed by atoms with van der Waals surface area (Å²) in [5.74, 6) is 0.753. The van der Waals surface area contributed by atoms with Crippen LogP contribution in [0.2, 0.25) is 11.4 Å². The first kappa shape index (κ1) is 14.9. The topological polar surface area (TPSA) is 84.3 Å². The minimum absolute atomic E-state index is 0.245. The molecule has 1 fully saturated rings. The second-order valence-corrected chi connectivity index (χ2v) is 14.0. The zero-order valence-electron chi connectivity index (χ0n) is 10.8. The number of rotatable bonds is 4. The number of aromatic amines is 1. The molecule has 6 nitrogen and oxygen atoms in total. The number of nitrogens with zero attached hydrogens (tertiary/aromatic N) is 1. The van der Waals surface area contributed by atoms with E-state index >= 15 is 0 Å². The molecule has 3 atom stereocenters. The Morgan fingerprint density at radius 2 is 2.32 bits per heavy atom. The Kier molecular flexibility index (Phi) is 4.95. The first-order chi connectivity index (χ1) is 8.97. The van der Waals surface area contributed by atoms with Crippen LogP contribution in [-0.4, -0.2) is 46.1 Å². The summed E-state index contributed by atoms with van der Waals surface area (Å²) in [7, 11) is 1.85. The summed E-state index contributed by atoms with van der Waals surface area (Å²) in [6.07, 6.45) is 0.471. The molecule has 0 saturated carbocycles. The average molecular weight is 348 g/mol. The molecule has 1 aromatic heterocycles. The Balaban J connectivity index is 2.07. The quantitative estimate of drug-likeness (QED) is 0.758. The number of ether oxygens (including phenoxy) is 1. The molecule has 19 heavy (non-hydrogen) atoms. The second-order valence-electron chi connectivity index (χ2n) is 4.56. The molecular weight excluding hydrogens is 331 g/mol. The van der Waals surface area contributed by atoms with E-state index in [1.165, 1.54) is 16.8 Å². The zero-order chi connectivity index (χ0) is 14.0. The SMILES string of the molecule is C[As](C)SC[C@H]1O[C@@H](n2ccc(=O)[nH]c2=O)C[C@@H]1O. The summed E-state index contributed by atoms with van der Waals surface area (Å²) in [5, 5.41) is 9.97. The van der Waals surface area contributed by atoms with Crippen molar-refractivity contribution in [3.63, 3.8) is 0 Å². The fourth-order valence-electron chi connectivity index (χ4n) is 1.91. The molecule has 0 radical (unpaired) electrons. The number of nitrogens with one attached hydrogen (secondary N) is 1. The van der Waals surface area contributed by atoms with Crippen molar-refractivity contribution in [2.24, 2.45) is 0 Å². The Morgan fingerprint density at radius 3 is 2.95 bits per heavy atom. The van der Waals surface area contributed by atoms with Crippen LogP contribution in [0.5, 0.6) is 0 Å². The van der Waals surface area contributed by atoms with Crippen LogP contribution in [-0.2, 0) is 4.74 Å². The van der Waals surface area contributed by atoms with Crippen LogP contribution in [0.25, 0.3) is 0 Å². The molecule has 0 unspecified atom stereocenters. The van der Waals surface area contributed by atoms with E-state index in [-0.39, 0.29) is 6.10 Å². The van der Waals surface area contributed by atoms with Crippen molar-refractivity contribution in [3.05, 3.63) is 33.1 Å². The fraction of sp³-hybridized carbons (Fsp3) is 0.636. The van der Waals surface area contributed by atoms with E-state index in [1.54, 1.807) is 0 Å². The Hall–Kier alpha value is -0.492. The molecule has 1 saturated heterocycles. The molecule has 1 aromatic rings. The predicted molar refractivity (Wildman–Crippen MR) is 75.8 cm³/mol. The molecule has 0 aromatic carbocycles. The molecule has 0 bridgehead atoms. The van der Waals surface area contributed by atoms with Crippen LogP contribution in [0.15, 0.2) is 21.9 Å². The van der Waals surface area contributed by atoms with E-state index in [1.807, 2.05) is 10.0 Å². The van der Waals surface area contributed by atoms with Crippen LogP contribution in [0.4, 0.5) is 0 Å². The second kappa shape index (κ2) is 6.31. The van der Waals surface area contributed by atoms with Gasteiger partial charge in [-0.1, -0.05) is 0 Å². The van der Waals surface area contributed by atoms with Crippen molar-refractivity contribution < 1.29 is 9.84 Å². The molecule has 106 valence electrons. The first-order valence-corrected chi connectivity index (χ1v) is 12.9. The van der Waals surface area contributed by atoms with Gasteiger partial charge in [-0.05, 0) is 0 Å². The summed E-state index contributed by atoms with van der Waals surface area (Å²) in [6, 6.07) is 1.28.